The summed E-state index contributed by atoms with van der Waals surface area (Å²) in [5, 5.41) is 2.61. The van der Waals surface area contributed by atoms with Gasteiger partial charge in [0.15, 0.2) is 5.06 Å². The second kappa shape index (κ2) is 2.66. The minimum atomic E-state index is -0.0625. The summed E-state index contributed by atoms with van der Waals surface area (Å²) in [7, 11) is 0. The van der Waals surface area contributed by atoms with Crippen molar-refractivity contribution in [2.45, 2.75) is 12.8 Å². The molecule has 2 nitrogen and oxygen atoms in total. The molecular formula is C8H8O2S. The molecular weight excluding hydrogens is 160 g/mol. The van der Waals surface area contributed by atoms with Crippen molar-refractivity contribution < 1.29 is 9.53 Å². The highest BCUT2D eigenvalue weighted by Gasteiger charge is 2.31. The lowest BCUT2D eigenvalue weighted by atomic mass is 10.4. The Balaban J connectivity index is 1.94. The Morgan fingerprint density at radius 1 is 1.64 bits per heavy atom. The molecule has 1 aromatic heterocycles. The fourth-order valence-corrected chi connectivity index (χ4v) is 1.40. The van der Waals surface area contributed by atoms with Gasteiger partial charge in [0, 0.05) is 0 Å². The van der Waals surface area contributed by atoms with E-state index >= 15 is 0 Å². The molecule has 58 valence electrons. The molecule has 3 heteroatoms. The number of hydrogen-bond donors (Lipinski definition) is 0. The first-order valence-electron chi connectivity index (χ1n) is 3.61. The number of carbonyl (C=O) groups excluding carboxylic acids is 1. The molecule has 0 spiro atoms. The third-order valence-electron chi connectivity index (χ3n) is 1.61. The molecule has 1 fully saturated rings. The van der Waals surface area contributed by atoms with Gasteiger partial charge >= 0.3 is 5.97 Å². The molecule has 1 aliphatic rings. The monoisotopic (exact) mass is 168 g/mol. The standard InChI is InChI=1S/C8H8O2S/c9-8(6-3-4-6)10-7-2-1-5-11-7/h1-2,5-6H,3-4H2. The maximum atomic E-state index is 11.1. The highest BCUT2D eigenvalue weighted by atomic mass is 32.1. The minimum Gasteiger partial charge on any atom is -0.415 e. The predicted molar refractivity (Wildman–Crippen MR) is 42.7 cm³/mol. The van der Waals surface area contributed by atoms with E-state index in [1.807, 2.05) is 17.5 Å². The molecule has 1 heterocycles. The number of ether oxygens (including phenoxy) is 1. The van der Waals surface area contributed by atoms with Gasteiger partial charge in [-0.25, -0.2) is 0 Å². The lowest BCUT2D eigenvalue weighted by molar-refractivity contribution is -0.135. The van der Waals surface area contributed by atoms with E-state index in [1.54, 1.807) is 0 Å². The van der Waals surface area contributed by atoms with Gasteiger partial charge in [-0.3, -0.25) is 4.79 Å². The van der Waals surface area contributed by atoms with Crippen LogP contribution in [0.25, 0.3) is 0 Å². The summed E-state index contributed by atoms with van der Waals surface area (Å²) in [5.74, 6) is 0.129. The normalized spacial score (nSPS) is 16.4. The molecule has 0 amide bonds. The summed E-state index contributed by atoms with van der Waals surface area (Å²) in [6.07, 6.45) is 2.01. The molecule has 0 saturated heterocycles. The lowest BCUT2D eigenvalue weighted by Crippen LogP contribution is -2.08. The van der Waals surface area contributed by atoms with E-state index in [0.29, 0.717) is 5.06 Å². The first kappa shape index (κ1) is 6.85. The Morgan fingerprint density at radius 3 is 3.00 bits per heavy atom. The van der Waals surface area contributed by atoms with Crippen LogP contribution in [0.2, 0.25) is 0 Å². The van der Waals surface area contributed by atoms with E-state index in [1.165, 1.54) is 11.3 Å². The fourth-order valence-electron chi connectivity index (χ4n) is 0.823. The number of thiophene rings is 1. The summed E-state index contributed by atoms with van der Waals surface area (Å²) in [6.45, 7) is 0. The van der Waals surface area contributed by atoms with Crippen molar-refractivity contribution in [2.24, 2.45) is 5.92 Å². The number of rotatable bonds is 2. The largest absolute Gasteiger partial charge is 0.415 e. The van der Waals surface area contributed by atoms with Crippen LogP contribution in [-0.2, 0) is 4.79 Å². The quantitative estimate of drug-likeness (QED) is 0.632. The average molecular weight is 168 g/mol. The minimum absolute atomic E-state index is 0.0625. The van der Waals surface area contributed by atoms with E-state index in [4.69, 9.17) is 4.74 Å². The molecule has 0 atom stereocenters. The second-order valence-electron chi connectivity index (χ2n) is 2.63. The van der Waals surface area contributed by atoms with Gasteiger partial charge in [-0.2, -0.15) is 0 Å². The van der Waals surface area contributed by atoms with Crippen LogP contribution in [0, 0.1) is 5.92 Å². The number of esters is 1. The van der Waals surface area contributed by atoms with Crippen molar-refractivity contribution in [3.63, 3.8) is 0 Å². The van der Waals surface area contributed by atoms with Crippen molar-refractivity contribution in [1.82, 2.24) is 0 Å². The van der Waals surface area contributed by atoms with Crippen LogP contribution >= 0.6 is 11.3 Å². The van der Waals surface area contributed by atoms with Crippen LogP contribution < -0.4 is 4.74 Å². The fraction of sp³-hybridized carbons (Fsp3) is 0.375. The zero-order chi connectivity index (χ0) is 7.68. The van der Waals surface area contributed by atoms with E-state index in [-0.39, 0.29) is 11.9 Å². The molecule has 0 unspecified atom stereocenters. The van der Waals surface area contributed by atoms with E-state index in [9.17, 15) is 4.79 Å². The zero-order valence-corrected chi connectivity index (χ0v) is 6.76. The highest BCUT2D eigenvalue weighted by Crippen LogP contribution is 2.31. The topological polar surface area (TPSA) is 26.3 Å². The predicted octanol–water partition coefficient (Wildman–Crippen LogP) is 2.06. The molecule has 1 saturated carbocycles. The SMILES string of the molecule is O=C(Oc1cccs1)C1CC1. The van der Waals surface area contributed by atoms with E-state index in [2.05, 4.69) is 0 Å². The van der Waals surface area contributed by atoms with Gasteiger partial charge in [0.1, 0.15) is 0 Å². The van der Waals surface area contributed by atoms with Crippen molar-refractivity contribution in [3.05, 3.63) is 17.5 Å². The van der Waals surface area contributed by atoms with E-state index < -0.39 is 0 Å². The maximum absolute atomic E-state index is 11.1. The summed E-state index contributed by atoms with van der Waals surface area (Å²) < 4.78 is 5.06. The molecule has 0 aliphatic heterocycles. The first-order valence-corrected chi connectivity index (χ1v) is 4.49. The van der Waals surface area contributed by atoms with Crippen LogP contribution in [0.1, 0.15) is 12.8 Å². The molecule has 0 bridgehead atoms. The summed E-state index contributed by atoms with van der Waals surface area (Å²) in [5.41, 5.74) is 0. The van der Waals surface area contributed by atoms with Crippen LogP contribution in [-0.4, -0.2) is 5.97 Å². The van der Waals surface area contributed by atoms with Gasteiger partial charge in [-0.1, -0.05) is 0 Å². The Kier molecular flexibility index (Phi) is 1.66. The van der Waals surface area contributed by atoms with Crippen molar-refractivity contribution >= 4 is 17.3 Å². The lowest BCUT2D eigenvalue weighted by Gasteiger charge is -1.96. The molecule has 1 aliphatic carbocycles. The molecule has 0 radical (unpaired) electrons. The molecule has 2 rings (SSSR count). The third kappa shape index (κ3) is 1.60. The molecule has 1 aromatic rings. The zero-order valence-electron chi connectivity index (χ0n) is 5.95. The van der Waals surface area contributed by atoms with Gasteiger partial charge < -0.3 is 4.74 Å². The Hall–Kier alpha value is -0.830. The number of hydrogen-bond acceptors (Lipinski definition) is 3. The van der Waals surface area contributed by atoms with Crippen LogP contribution in [0.15, 0.2) is 17.5 Å². The third-order valence-corrected chi connectivity index (χ3v) is 2.35. The summed E-state index contributed by atoms with van der Waals surface area (Å²) in [6, 6.07) is 3.69. The van der Waals surface area contributed by atoms with Crippen LogP contribution in [0.4, 0.5) is 0 Å². The van der Waals surface area contributed by atoms with Crippen molar-refractivity contribution in [1.29, 1.82) is 0 Å². The Morgan fingerprint density at radius 2 is 2.45 bits per heavy atom. The molecule has 0 N–H and O–H groups in total. The summed E-state index contributed by atoms with van der Waals surface area (Å²) in [4.78, 5) is 11.1. The summed E-state index contributed by atoms with van der Waals surface area (Å²) >= 11 is 1.45. The highest BCUT2D eigenvalue weighted by molar-refractivity contribution is 7.11. The van der Waals surface area contributed by atoms with Gasteiger partial charge in [0.25, 0.3) is 0 Å². The van der Waals surface area contributed by atoms with Crippen LogP contribution in [0.5, 0.6) is 5.06 Å². The average Bonchev–Trinajstić information content (AvgIpc) is 2.73. The van der Waals surface area contributed by atoms with Crippen LogP contribution in [0.3, 0.4) is 0 Å². The maximum Gasteiger partial charge on any atom is 0.315 e. The smallest absolute Gasteiger partial charge is 0.315 e. The molecule has 11 heavy (non-hydrogen) atoms. The van der Waals surface area contributed by atoms with Crippen molar-refractivity contribution in [2.75, 3.05) is 0 Å². The second-order valence-corrected chi connectivity index (χ2v) is 3.54. The Bertz CT molecular complexity index is 249. The van der Waals surface area contributed by atoms with Crippen molar-refractivity contribution in [3.8, 4) is 5.06 Å². The number of carbonyl (C=O) groups is 1. The first-order chi connectivity index (χ1) is 5.36. The van der Waals surface area contributed by atoms with E-state index in [0.717, 1.165) is 12.8 Å². The molecule has 0 aromatic carbocycles. The van der Waals surface area contributed by atoms with Gasteiger partial charge in [-0.15, -0.1) is 11.3 Å². The van der Waals surface area contributed by atoms with Gasteiger partial charge in [-0.05, 0) is 30.4 Å². The van der Waals surface area contributed by atoms with Gasteiger partial charge in [0.05, 0.1) is 5.92 Å². The Labute approximate surface area is 68.8 Å². The van der Waals surface area contributed by atoms with Gasteiger partial charge in [0.2, 0.25) is 0 Å².